The highest BCUT2D eigenvalue weighted by molar-refractivity contribution is 5.76. The highest BCUT2D eigenvalue weighted by Crippen LogP contribution is 2.34. The Balaban J connectivity index is 2.41. The van der Waals surface area contributed by atoms with Crippen molar-refractivity contribution in [1.29, 1.82) is 5.26 Å². The molecule has 0 heterocycles. The molecule has 2 aromatic carbocycles. The second kappa shape index (κ2) is 6.37. The quantitative estimate of drug-likeness (QED) is 0.477. The van der Waals surface area contributed by atoms with Crippen LogP contribution in [0.5, 0.6) is 17.2 Å². The molecular formula is C15H10N2O5. The molecule has 0 atom stereocenters. The second-order valence-corrected chi connectivity index (χ2v) is 4.18. The molecule has 7 heteroatoms. The second-order valence-electron chi connectivity index (χ2n) is 4.18. The molecule has 22 heavy (non-hydrogen) atoms. The lowest BCUT2D eigenvalue weighted by molar-refractivity contribution is -0.384. The molecule has 0 radical (unpaired) electrons. The van der Waals surface area contributed by atoms with Gasteiger partial charge in [0, 0.05) is 17.7 Å². The minimum Gasteiger partial charge on any atom is -0.493 e. The Labute approximate surface area is 125 Å². The number of benzene rings is 2. The maximum Gasteiger partial charge on any atom is 0.271 e. The molecular weight excluding hydrogens is 288 g/mol. The van der Waals surface area contributed by atoms with Crippen LogP contribution < -0.4 is 9.47 Å². The average Bonchev–Trinajstić information content (AvgIpc) is 2.55. The maximum atomic E-state index is 10.7. The zero-order valence-electron chi connectivity index (χ0n) is 11.5. The molecule has 0 unspecified atom stereocenters. The van der Waals surface area contributed by atoms with Crippen LogP contribution in [-0.4, -0.2) is 18.3 Å². The number of nitrogens with zero attached hydrogens (tertiary/aromatic N) is 2. The number of carbonyl (C=O) groups excluding carboxylic acids is 1. The summed E-state index contributed by atoms with van der Waals surface area (Å²) in [4.78, 5) is 20.9. The van der Waals surface area contributed by atoms with Gasteiger partial charge in [0.2, 0.25) is 0 Å². The monoisotopic (exact) mass is 298 g/mol. The summed E-state index contributed by atoms with van der Waals surface area (Å²) in [5, 5.41) is 19.8. The minimum atomic E-state index is -0.593. The molecule has 0 aliphatic rings. The number of nitriles is 1. The fraction of sp³-hybridized carbons (Fsp3) is 0.0667. The molecule has 0 saturated heterocycles. The first-order valence-corrected chi connectivity index (χ1v) is 6.08. The van der Waals surface area contributed by atoms with Gasteiger partial charge in [-0.3, -0.25) is 14.9 Å². The number of hydrogen-bond donors (Lipinski definition) is 0. The third-order valence-corrected chi connectivity index (χ3v) is 2.84. The Morgan fingerprint density at radius 1 is 1.18 bits per heavy atom. The van der Waals surface area contributed by atoms with Crippen LogP contribution in [0.25, 0.3) is 0 Å². The van der Waals surface area contributed by atoms with Crippen LogP contribution in [-0.2, 0) is 0 Å². The smallest absolute Gasteiger partial charge is 0.271 e. The van der Waals surface area contributed by atoms with Gasteiger partial charge in [-0.15, -0.1) is 0 Å². The Kier molecular flexibility index (Phi) is 4.34. The molecule has 0 aromatic heterocycles. The third kappa shape index (κ3) is 3.02. The summed E-state index contributed by atoms with van der Waals surface area (Å²) in [6, 6.07) is 10.1. The first kappa shape index (κ1) is 15.0. The third-order valence-electron chi connectivity index (χ3n) is 2.84. The Bertz CT molecular complexity index is 780. The van der Waals surface area contributed by atoms with E-state index in [0.29, 0.717) is 23.3 Å². The first-order valence-electron chi connectivity index (χ1n) is 6.08. The van der Waals surface area contributed by atoms with Crippen LogP contribution in [0, 0.1) is 21.4 Å². The molecule has 2 rings (SSSR count). The van der Waals surface area contributed by atoms with Crippen molar-refractivity contribution in [2.75, 3.05) is 7.11 Å². The predicted octanol–water partition coefficient (Wildman–Crippen LogP) is 3.08. The Morgan fingerprint density at radius 2 is 1.91 bits per heavy atom. The van der Waals surface area contributed by atoms with E-state index < -0.39 is 4.92 Å². The molecule has 0 N–H and O–H groups in total. The number of ether oxygens (including phenoxy) is 2. The lowest BCUT2D eigenvalue weighted by atomic mass is 10.2. The molecule has 0 aliphatic heterocycles. The number of non-ortho nitro benzene ring substituents is 1. The minimum absolute atomic E-state index is 0.0238. The summed E-state index contributed by atoms with van der Waals surface area (Å²) in [5.41, 5.74) is 0.233. The number of nitro benzene ring substituents is 1. The van der Waals surface area contributed by atoms with E-state index in [-0.39, 0.29) is 17.0 Å². The van der Waals surface area contributed by atoms with Crippen molar-refractivity contribution in [3.05, 3.63) is 57.6 Å². The molecule has 0 saturated carbocycles. The van der Waals surface area contributed by atoms with Crippen LogP contribution in [0.4, 0.5) is 5.69 Å². The summed E-state index contributed by atoms with van der Waals surface area (Å²) in [7, 11) is 1.41. The van der Waals surface area contributed by atoms with Crippen LogP contribution in [0.2, 0.25) is 0 Å². The molecule has 7 nitrogen and oxygen atoms in total. The van der Waals surface area contributed by atoms with Gasteiger partial charge in [0.1, 0.15) is 23.7 Å². The van der Waals surface area contributed by atoms with Gasteiger partial charge in [0.05, 0.1) is 12.0 Å². The van der Waals surface area contributed by atoms with Gasteiger partial charge in [-0.1, -0.05) is 0 Å². The number of hydrogen-bond acceptors (Lipinski definition) is 6. The van der Waals surface area contributed by atoms with E-state index in [1.807, 2.05) is 6.07 Å². The summed E-state index contributed by atoms with van der Waals surface area (Å²) < 4.78 is 10.7. The van der Waals surface area contributed by atoms with Gasteiger partial charge in [-0.25, -0.2) is 0 Å². The highest BCUT2D eigenvalue weighted by Gasteiger charge is 2.14. The van der Waals surface area contributed by atoms with E-state index in [2.05, 4.69) is 0 Å². The van der Waals surface area contributed by atoms with Gasteiger partial charge in [-0.05, 0) is 24.3 Å². The predicted molar refractivity (Wildman–Crippen MR) is 76.3 cm³/mol. The average molecular weight is 298 g/mol. The van der Waals surface area contributed by atoms with Gasteiger partial charge in [0.15, 0.2) is 11.5 Å². The van der Waals surface area contributed by atoms with Crippen molar-refractivity contribution in [3.63, 3.8) is 0 Å². The van der Waals surface area contributed by atoms with Crippen molar-refractivity contribution in [2.45, 2.75) is 0 Å². The van der Waals surface area contributed by atoms with Crippen LogP contribution >= 0.6 is 0 Å². The lowest BCUT2D eigenvalue weighted by Crippen LogP contribution is -1.95. The highest BCUT2D eigenvalue weighted by atomic mass is 16.6. The zero-order chi connectivity index (χ0) is 16.1. The maximum absolute atomic E-state index is 10.7. The summed E-state index contributed by atoms with van der Waals surface area (Å²) >= 11 is 0. The molecule has 0 fully saturated rings. The number of carbonyl (C=O) groups is 1. The molecule has 0 aliphatic carbocycles. The lowest BCUT2D eigenvalue weighted by Gasteiger charge is -2.11. The molecule has 0 bridgehead atoms. The van der Waals surface area contributed by atoms with Gasteiger partial charge < -0.3 is 9.47 Å². The number of nitro groups is 1. The normalized spacial score (nSPS) is 9.64. The van der Waals surface area contributed by atoms with E-state index in [9.17, 15) is 14.9 Å². The number of rotatable bonds is 5. The van der Waals surface area contributed by atoms with Gasteiger partial charge >= 0.3 is 0 Å². The van der Waals surface area contributed by atoms with Crippen molar-refractivity contribution in [1.82, 2.24) is 0 Å². The van der Waals surface area contributed by atoms with Crippen molar-refractivity contribution >= 4 is 12.0 Å². The van der Waals surface area contributed by atoms with Crippen molar-refractivity contribution < 1.29 is 19.2 Å². The van der Waals surface area contributed by atoms with E-state index in [1.165, 1.54) is 37.4 Å². The fourth-order valence-electron chi connectivity index (χ4n) is 1.77. The molecule has 0 amide bonds. The first-order chi connectivity index (χ1) is 10.6. The van der Waals surface area contributed by atoms with Gasteiger partial charge in [-0.2, -0.15) is 5.26 Å². The summed E-state index contributed by atoms with van der Waals surface area (Å²) in [6.45, 7) is 0. The van der Waals surface area contributed by atoms with Crippen molar-refractivity contribution in [2.24, 2.45) is 0 Å². The zero-order valence-corrected chi connectivity index (χ0v) is 11.5. The molecule has 0 spiro atoms. The number of aldehydes is 1. The SMILES string of the molecule is COc1cc(C=O)ccc1Oc1ccc([N+](=O)[O-])cc1C#N. The van der Waals surface area contributed by atoms with Crippen LogP contribution in [0.15, 0.2) is 36.4 Å². The Morgan fingerprint density at radius 3 is 2.50 bits per heavy atom. The summed E-state index contributed by atoms with van der Waals surface area (Å²) in [6.07, 6.45) is 0.666. The van der Waals surface area contributed by atoms with Crippen LogP contribution in [0.1, 0.15) is 15.9 Å². The van der Waals surface area contributed by atoms with E-state index in [4.69, 9.17) is 14.7 Å². The number of methoxy groups -OCH3 is 1. The molecule has 110 valence electrons. The largest absolute Gasteiger partial charge is 0.493 e. The van der Waals surface area contributed by atoms with E-state index >= 15 is 0 Å². The van der Waals surface area contributed by atoms with E-state index in [1.54, 1.807) is 0 Å². The Hall–Kier alpha value is -3.40. The van der Waals surface area contributed by atoms with Crippen molar-refractivity contribution in [3.8, 4) is 23.3 Å². The molecule has 2 aromatic rings. The van der Waals surface area contributed by atoms with Crippen LogP contribution in [0.3, 0.4) is 0 Å². The fourth-order valence-corrected chi connectivity index (χ4v) is 1.77. The summed E-state index contributed by atoms with van der Waals surface area (Å²) in [5.74, 6) is 0.760. The van der Waals surface area contributed by atoms with E-state index in [0.717, 1.165) is 6.07 Å². The topological polar surface area (TPSA) is 102 Å². The van der Waals surface area contributed by atoms with Gasteiger partial charge in [0.25, 0.3) is 5.69 Å². The standard InChI is InChI=1S/C15H10N2O5/c1-21-15-6-10(9-18)2-4-14(15)22-13-5-3-12(17(19)20)7-11(13)8-16/h2-7,9H,1H3.